The molecule has 2 aromatic rings. The lowest BCUT2D eigenvalue weighted by molar-refractivity contribution is -0.146. The number of hydrogen-bond donors (Lipinski definition) is 0. The minimum Gasteiger partial charge on any atom is -0.487 e. The molecule has 0 N–H and O–H groups in total. The number of benzene rings is 2. The molecule has 0 bridgehead atoms. The van der Waals surface area contributed by atoms with Gasteiger partial charge in [0.2, 0.25) is 0 Å². The molecule has 1 aliphatic carbocycles. The first-order valence-electron chi connectivity index (χ1n) is 14.7. The number of methoxy groups -OCH3 is 1. The second-order valence-corrected chi connectivity index (χ2v) is 12.1. The van der Waals surface area contributed by atoms with E-state index < -0.39 is 35.1 Å². The fourth-order valence-electron chi connectivity index (χ4n) is 7.03. The Balaban J connectivity index is 1.35. The summed E-state index contributed by atoms with van der Waals surface area (Å²) in [5.74, 6) is 0.700. The molecule has 4 nitrogen and oxygen atoms in total. The number of fused-ring (bicyclic) bond motifs is 1. The predicted octanol–water partition coefficient (Wildman–Crippen LogP) is 8.34. The van der Waals surface area contributed by atoms with E-state index in [2.05, 4.69) is 12.1 Å². The van der Waals surface area contributed by atoms with Crippen LogP contribution in [0.5, 0.6) is 5.75 Å². The molecule has 0 radical (unpaired) electrons. The first-order chi connectivity index (χ1) is 19.8. The Kier molecular flexibility index (Phi) is 8.33. The van der Waals surface area contributed by atoms with Crippen LogP contribution >= 0.6 is 0 Å². The largest absolute Gasteiger partial charge is 0.487 e. The van der Waals surface area contributed by atoms with Gasteiger partial charge in [0.05, 0.1) is 24.2 Å². The predicted molar refractivity (Wildman–Crippen MR) is 145 cm³/mol. The van der Waals surface area contributed by atoms with Gasteiger partial charge in [0.25, 0.3) is 0 Å². The molecular formula is C32H37F6NO3. The quantitative estimate of drug-likeness (QED) is 0.238. The van der Waals surface area contributed by atoms with E-state index in [0.29, 0.717) is 50.0 Å². The first kappa shape index (κ1) is 30.7. The van der Waals surface area contributed by atoms with E-state index in [4.69, 9.17) is 9.47 Å². The van der Waals surface area contributed by atoms with E-state index in [0.717, 1.165) is 42.6 Å². The van der Waals surface area contributed by atoms with Crippen molar-refractivity contribution >= 4 is 5.97 Å². The highest BCUT2D eigenvalue weighted by atomic mass is 19.4. The van der Waals surface area contributed by atoms with Crippen LogP contribution < -0.4 is 4.74 Å². The van der Waals surface area contributed by atoms with Crippen molar-refractivity contribution in [2.24, 2.45) is 11.8 Å². The summed E-state index contributed by atoms with van der Waals surface area (Å²) in [6.07, 6.45) is -4.48. The fraction of sp³-hybridized carbons (Fsp3) is 0.594. The molecular weight excluding hydrogens is 560 g/mol. The molecule has 0 amide bonds. The molecule has 3 aliphatic rings. The Hall–Kier alpha value is -2.75. The van der Waals surface area contributed by atoms with Crippen molar-refractivity contribution in [3.05, 3.63) is 64.2 Å². The molecule has 230 valence electrons. The molecule has 5 rings (SSSR count). The second-order valence-electron chi connectivity index (χ2n) is 12.1. The number of likely N-dealkylation sites (tertiary alicyclic amines) is 1. The van der Waals surface area contributed by atoms with Crippen LogP contribution in [0.2, 0.25) is 0 Å². The van der Waals surface area contributed by atoms with Gasteiger partial charge in [-0.1, -0.05) is 26.0 Å². The van der Waals surface area contributed by atoms with Crippen LogP contribution in [0.4, 0.5) is 26.3 Å². The topological polar surface area (TPSA) is 38.8 Å². The summed E-state index contributed by atoms with van der Waals surface area (Å²) in [5.41, 5.74) is -0.808. The lowest BCUT2D eigenvalue weighted by atomic mass is 9.80. The molecule has 3 atom stereocenters. The van der Waals surface area contributed by atoms with Crippen LogP contribution in [0.15, 0.2) is 36.4 Å². The smallest absolute Gasteiger partial charge is 0.416 e. The number of halogens is 6. The number of aryl methyl sites for hydroxylation is 1. The lowest BCUT2D eigenvalue weighted by Crippen LogP contribution is -2.50. The average Bonchev–Trinajstić information content (AvgIpc) is 3.78. The van der Waals surface area contributed by atoms with E-state index >= 15 is 0 Å². The van der Waals surface area contributed by atoms with Gasteiger partial charge in [-0.2, -0.15) is 26.3 Å². The van der Waals surface area contributed by atoms with E-state index in [9.17, 15) is 31.1 Å². The third-order valence-electron chi connectivity index (χ3n) is 9.47. The molecule has 0 aromatic heterocycles. The number of alkyl halides is 6. The monoisotopic (exact) mass is 597 g/mol. The van der Waals surface area contributed by atoms with Gasteiger partial charge in [-0.15, -0.1) is 0 Å². The van der Waals surface area contributed by atoms with E-state index in [1.807, 2.05) is 17.9 Å². The van der Waals surface area contributed by atoms with Crippen LogP contribution in [0.3, 0.4) is 0 Å². The molecule has 2 unspecified atom stereocenters. The summed E-state index contributed by atoms with van der Waals surface area (Å²) in [6.45, 7) is 4.41. The molecule has 2 fully saturated rings. The summed E-state index contributed by atoms with van der Waals surface area (Å²) in [7, 11) is 1.40. The Bertz CT molecular complexity index is 1290. The van der Waals surface area contributed by atoms with Gasteiger partial charge in [-0.25, -0.2) is 0 Å². The van der Waals surface area contributed by atoms with Crippen molar-refractivity contribution in [3.8, 4) is 5.75 Å². The number of esters is 1. The average molecular weight is 598 g/mol. The third kappa shape index (κ3) is 6.15. The van der Waals surface area contributed by atoms with Crippen LogP contribution in [0.1, 0.15) is 92.1 Å². The van der Waals surface area contributed by atoms with Gasteiger partial charge in [0, 0.05) is 19.1 Å². The number of carbonyl (C=O) groups excluding carboxylic acids is 1. The van der Waals surface area contributed by atoms with E-state index in [1.165, 1.54) is 7.11 Å². The second kappa shape index (κ2) is 11.4. The normalized spacial score (nSPS) is 21.3. The van der Waals surface area contributed by atoms with Gasteiger partial charge < -0.3 is 9.47 Å². The van der Waals surface area contributed by atoms with Crippen LogP contribution in [0, 0.1) is 11.8 Å². The third-order valence-corrected chi connectivity index (χ3v) is 9.47. The van der Waals surface area contributed by atoms with Crippen LogP contribution in [-0.4, -0.2) is 36.7 Å². The first-order valence-corrected chi connectivity index (χ1v) is 14.7. The molecule has 42 heavy (non-hydrogen) atoms. The number of hydrogen-bond acceptors (Lipinski definition) is 4. The maximum atomic E-state index is 13.9. The zero-order valence-corrected chi connectivity index (χ0v) is 24.1. The Morgan fingerprint density at radius 1 is 1.02 bits per heavy atom. The molecule has 1 spiro atoms. The number of ether oxygens (including phenoxy) is 2. The molecule has 2 aliphatic heterocycles. The maximum Gasteiger partial charge on any atom is 0.416 e. The maximum absolute atomic E-state index is 13.9. The van der Waals surface area contributed by atoms with Crippen molar-refractivity contribution in [3.63, 3.8) is 0 Å². The van der Waals surface area contributed by atoms with Crippen molar-refractivity contribution in [2.75, 3.05) is 20.2 Å². The highest BCUT2D eigenvalue weighted by Gasteiger charge is 2.44. The van der Waals surface area contributed by atoms with E-state index in [-0.39, 0.29) is 29.8 Å². The Labute approximate surface area is 242 Å². The van der Waals surface area contributed by atoms with Crippen LogP contribution in [-0.2, 0) is 28.3 Å². The Morgan fingerprint density at radius 2 is 1.71 bits per heavy atom. The highest BCUT2D eigenvalue weighted by Crippen LogP contribution is 2.49. The SMILES string of the molecule is CC[C@H](c1cc(C(F)(F)F)ccc1C(F)(F)F)N1CCC2(CCc3ccc(C(C4CC4)C(C)C(=O)OC)cc3O2)CC1. The summed E-state index contributed by atoms with van der Waals surface area (Å²) >= 11 is 0. The number of rotatable bonds is 7. The molecule has 2 heterocycles. The summed E-state index contributed by atoms with van der Waals surface area (Å²) in [6, 6.07) is 7.10. The summed E-state index contributed by atoms with van der Waals surface area (Å²) in [5, 5.41) is 0. The van der Waals surface area contributed by atoms with Crippen molar-refractivity contribution in [2.45, 2.75) is 88.7 Å². The van der Waals surface area contributed by atoms with Gasteiger partial charge in [0.15, 0.2) is 0 Å². The zero-order chi connectivity index (χ0) is 30.4. The Morgan fingerprint density at radius 3 is 2.29 bits per heavy atom. The molecule has 1 saturated heterocycles. The minimum atomic E-state index is -4.76. The van der Waals surface area contributed by atoms with Gasteiger partial charge in [0.1, 0.15) is 11.4 Å². The lowest BCUT2D eigenvalue weighted by Gasteiger charge is -2.47. The van der Waals surface area contributed by atoms with Crippen molar-refractivity contribution < 1.29 is 40.6 Å². The molecule has 1 saturated carbocycles. The number of nitrogens with zero attached hydrogens (tertiary/aromatic N) is 1. The molecule has 10 heteroatoms. The molecule has 2 aromatic carbocycles. The highest BCUT2D eigenvalue weighted by molar-refractivity contribution is 5.73. The summed E-state index contributed by atoms with van der Waals surface area (Å²) in [4.78, 5) is 14.2. The summed E-state index contributed by atoms with van der Waals surface area (Å²) < 4.78 is 93.7. The van der Waals surface area contributed by atoms with Gasteiger partial charge in [-0.05, 0) is 97.7 Å². The number of carbonyl (C=O) groups is 1. The van der Waals surface area contributed by atoms with Crippen molar-refractivity contribution in [1.82, 2.24) is 4.90 Å². The van der Waals surface area contributed by atoms with Crippen LogP contribution in [0.25, 0.3) is 0 Å². The van der Waals surface area contributed by atoms with E-state index in [1.54, 1.807) is 6.92 Å². The standard InChI is InChI=1S/C32H37F6NO3/c1-4-26(24-18-23(31(33,34)35)9-10-25(24)32(36,37)38)39-15-13-30(14-16-39)12-11-20-5-8-22(17-27(20)42-30)28(21-6-7-21)19(2)29(40)41-3/h5,8-10,17-19,21,26,28H,4,6-7,11-16H2,1-3H3/t19?,26-,28?/m1/s1. The number of piperidine rings is 1. The van der Waals surface area contributed by atoms with Crippen molar-refractivity contribution in [1.29, 1.82) is 0 Å². The fourth-order valence-corrected chi connectivity index (χ4v) is 7.03. The van der Waals surface area contributed by atoms with Gasteiger partial charge in [-0.3, -0.25) is 9.69 Å². The zero-order valence-electron chi connectivity index (χ0n) is 24.1. The minimum absolute atomic E-state index is 0.0340. The van der Waals surface area contributed by atoms with Gasteiger partial charge >= 0.3 is 18.3 Å².